The van der Waals surface area contributed by atoms with Crippen LogP contribution in [0.3, 0.4) is 0 Å². The summed E-state index contributed by atoms with van der Waals surface area (Å²) in [7, 11) is 3.56. The molecular weight excluding hydrogens is 255 g/mol. The number of hydrogen-bond acceptors (Lipinski definition) is 3. The van der Waals surface area contributed by atoms with Gasteiger partial charge in [-0.2, -0.15) is 0 Å². The van der Waals surface area contributed by atoms with Gasteiger partial charge in [0.25, 0.3) is 0 Å². The zero-order chi connectivity index (χ0) is 14.7. The average Bonchev–Trinajstić information content (AvgIpc) is 2.46. The number of hydrogen-bond donors (Lipinski definition) is 1. The molecule has 20 heavy (non-hydrogen) atoms. The van der Waals surface area contributed by atoms with Gasteiger partial charge in [0.2, 0.25) is 0 Å². The van der Waals surface area contributed by atoms with Gasteiger partial charge in [-0.15, -0.1) is 0 Å². The van der Waals surface area contributed by atoms with E-state index >= 15 is 0 Å². The Hall–Kier alpha value is -2.07. The molecule has 0 bridgehead atoms. The largest absolute Gasteiger partial charge is 0.497 e. The highest BCUT2D eigenvalue weighted by molar-refractivity contribution is 5.66. The van der Waals surface area contributed by atoms with Crippen LogP contribution in [-0.4, -0.2) is 14.2 Å². The van der Waals surface area contributed by atoms with Crippen molar-refractivity contribution in [3.63, 3.8) is 0 Å². The molecule has 2 aromatic rings. The van der Waals surface area contributed by atoms with Crippen molar-refractivity contribution in [1.82, 2.24) is 0 Å². The quantitative estimate of drug-likeness (QED) is 0.925. The van der Waals surface area contributed by atoms with Gasteiger partial charge in [0.1, 0.15) is 11.6 Å². The number of nitrogens with two attached hydrogens (primary N) is 1. The molecule has 0 unspecified atom stereocenters. The molecule has 0 aromatic heterocycles. The summed E-state index contributed by atoms with van der Waals surface area (Å²) in [5.74, 6) is 0.526. The summed E-state index contributed by atoms with van der Waals surface area (Å²) >= 11 is 0. The van der Waals surface area contributed by atoms with E-state index in [-0.39, 0.29) is 11.9 Å². The second kappa shape index (κ2) is 5.92. The molecule has 0 amide bonds. The molecule has 0 saturated carbocycles. The lowest BCUT2D eigenvalue weighted by Gasteiger charge is -2.24. The highest BCUT2D eigenvalue weighted by Gasteiger charge is 2.13. The molecule has 1 atom stereocenters. The molecule has 4 heteroatoms. The smallest absolute Gasteiger partial charge is 0.123 e. The molecule has 3 nitrogen and oxygen atoms in total. The van der Waals surface area contributed by atoms with Gasteiger partial charge in [-0.05, 0) is 55.0 Å². The van der Waals surface area contributed by atoms with Gasteiger partial charge in [-0.3, -0.25) is 0 Å². The summed E-state index contributed by atoms with van der Waals surface area (Å²) in [6.45, 7) is 1.85. The van der Waals surface area contributed by atoms with Gasteiger partial charge in [0.05, 0.1) is 7.11 Å². The van der Waals surface area contributed by atoms with E-state index in [0.717, 1.165) is 22.7 Å². The van der Waals surface area contributed by atoms with Gasteiger partial charge < -0.3 is 15.4 Å². The number of ether oxygens (including phenoxy) is 1. The van der Waals surface area contributed by atoms with Crippen molar-refractivity contribution in [2.45, 2.75) is 13.0 Å². The Labute approximate surface area is 118 Å². The van der Waals surface area contributed by atoms with Gasteiger partial charge in [0.15, 0.2) is 0 Å². The van der Waals surface area contributed by atoms with Crippen molar-refractivity contribution < 1.29 is 9.13 Å². The van der Waals surface area contributed by atoms with Gasteiger partial charge in [-0.1, -0.05) is 0 Å². The van der Waals surface area contributed by atoms with E-state index < -0.39 is 0 Å². The summed E-state index contributed by atoms with van der Waals surface area (Å²) in [6, 6.07) is 12.1. The van der Waals surface area contributed by atoms with Crippen molar-refractivity contribution >= 4 is 11.4 Å². The first-order valence-corrected chi connectivity index (χ1v) is 6.45. The zero-order valence-electron chi connectivity index (χ0n) is 11.9. The van der Waals surface area contributed by atoms with Crippen molar-refractivity contribution in [1.29, 1.82) is 0 Å². The first-order chi connectivity index (χ1) is 9.52. The van der Waals surface area contributed by atoms with E-state index in [1.807, 2.05) is 43.1 Å². The summed E-state index contributed by atoms with van der Waals surface area (Å²) < 4.78 is 18.5. The van der Waals surface area contributed by atoms with E-state index in [1.165, 1.54) is 12.1 Å². The fraction of sp³-hybridized carbons (Fsp3) is 0.250. The van der Waals surface area contributed by atoms with Crippen LogP contribution in [0.4, 0.5) is 15.8 Å². The zero-order valence-corrected chi connectivity index (χ0v) is 11.9. The molecule has 0 aliphatic rings. The third-order valence-electron chi connectivity index (χ3n) is 3.30. The molecule has 0 fully saturated rings. The molecule has 0 radical (unpaired) electrons. The second-order valence-corrected chi connectivity index (χ2v) is 4.75. The molecule has 0 aliphatic carbocycles. The average molecular weight is 274 g/mol. The predicted molar refractivity (Wildman–Crippen MR) is 80.1 cm³/mol. The highest BCUT2D eigenvalue weighted by atomic mass is 19.1. The van der Waals surface area contributed by atoms with Crippen LogP contribution in [0.5, 0.6) is 5.75 Å². The Morgan fingerprint density at radius 2 is 1.80 bits per heavy atom. The topological polar surface area (TPSA) is 38.5 Å². The highest BCUT2D eigenvalue weighted by Crippen LogP contribution is 2.31. The van der Waals surface area contributed by atoms with Crippen LogP contribution in [0.15, 0.2) is 42.5 Å². The number of halogens is 1. The number of rotatable bonds is 4. The Morgan fingerprint density at radius 3 is 2.35 bits per heavy atom. The van der Waals surface area contributed by atoms with Crippen molar-refractivity contribution in [3.05, 3.63) is 53.8 Å². The second-order valence-electron chi connectivity index (χ2n) is 4.75. The van der Waals surface area contributed by atoms with Crippen molar-refractivity contribution in [2.75, 3.05) is 19.1 Å². The lowest BCUT2D eigenvalue weighted by atomic mass is 10.1. The van der Waals surface area contributed by atoms with Gasteiger partial charge in [0, 0.05) is 24.5 Å². The molecule has 0 heterocycles. The number of nitrogens with zero attached hydrogens (tertiary/aromatic N) is 1. The van der Waals surface area contributed by atoms with E-state index in [0.29, 0.717) is 0 Å². The molecule has 2 N–H and O–H groups in total. The number of anilines is 2. The fourth-order valence-electron chi connectivity index (χ4n) is 2.14. The maximum absolute atomic E-state index is 13.4. The van der Waals surface area contributed by atoms with E-state index in [1.54, 1.807) is 13.2 Å². The number of benzene rings is 2. The number of methoxy groups -OCH3 is 1. The van der Waals surface area contributed by atoms with E-state index in [9.17, 15) is 4.39 Å². The Kier molecular flexibility index (Phi) is 4.25. The normalized spacial score (nSPS) is 12.1. The Balaban J connectivity index is 2.39. The van der Waals surface area contributed by atoms with Gasteiger partial charge in [-0.25, -0.2) is 4.39 Å². The van der Waals surface area contributed by atoms with E-state index in [2.05, 4.69) is 0 Å². The van der Waals surface area contributed by atoms with Crippen molar-refractivity contribution in [2.24, 2.45) is 5.73 Å². The lowest BCUT2D eigenvalue weighted by molar-refractivity contribution is 0.415. The van der Waals surface area contributed by atoms with Crippen LogP contribution in [0.1, 0.15) is 18.5 Å². The van der Waals surface area contributed by atoms with Crippen LogP contribution < -0.4 is 15.4 Å². The Morgan fingerprint density at radius 1 is 1.15 bits per heavy atom. The maximum atomic E-state index is 13.4. The molecule has 2 aromatic carbocycles. The van der Waals surface area contributed by atoms with Gasteiger partial charge >= 0.3 is 0 Å². The molecule has 2 rings (SSSR count). The van der Waals surface area contributed by atoms with Crippen LogP contribution in [0.2, 0.25) is 0 Å². The Bertz CT molecular complexity index is 582. The summed E-state index contributed by atoms with van der Waals surface area (Å²) in [5.41, 5.74) is 8.59. The molecule has 106 valence electrons. The first kappa shape index (κ1) is 14.3. The minimum atomic E-state index is -0.274. The standard InChI is InChI=1S/C16H19FN2O/c1-11(18)15-10-12(17)4-9-16(15)19(2)13-5-7-14(20-3)8-6-13/h4-11H,18H2,1-3H3/t11-/m1/s1. The minimum Gasteiger partial charge on any atom is -0.497 e. The molecule has 0 saturated heterocycles. The third-order valence-corrected chi connectivity index (χ3v) is 3.30. The molecular formula is C16H19FN2O. The van der Waals surface area contributed by atoms with Crippen molar-refractivity contribution in [3.8, 4) is 5.75 Å². The van der Waals surface area contributed by atoms with Crippen LogP contribution in [-0.2, 0) is 0 Å². The summed E-state index contributed by atoms with van der Waals surface area (Å²) in [6.07, 6.45) is 0. The third kappa shape index (κ3) is 2.91. The summed E-state index contributed by atoms with van der Waals surface area (Å²) in [4.78, 5) is 1.98. The lowest BCUT2D eigenvalue weighted by Crippen LogP contribution is -2.16. The monoisotopic (exact) mass is 274 g/mol. The minimum absolute atomic E-state index is 0.235. The first-order valence-electron chi connectivity index (χ1n) is 6.45. The maximum Gasteiger partial charge on any atom is 0.123 e. The van der Waals surface area contributed by atoms with Crippen LogP contribution >= 0.6 is 0 Å². The molecule has 0 aliphatic heterocycles. The van der Waals surface area contributed by atoms with Crippen LogP contribution in [0, 0.1) is 5.82 Å². The fourth-order valence-corrected chi connectivity index (χ4v) is 2.14. The SMILES string of the molecule is COc1ccc(N(C)c2ccc(F)cc2[C@@H](C)N)cc1. The van der Waals surface area contributed by atoms with E-state index in [4.69, 9.17) is 10.5 Å². The molecule has 0 spiro atoms. The predicted octanol–water partition coefficient (Wildman–Crippen LogP) is 3.62. The summed E-state index contributed by atoms with van der Waals surface area (Å²) in [5, 5.41) is 0. The van der Waals surface area contributed by atoms with Crippen LogP contribution in [0.25, 0.3) is 0 Å².